The fourth-order valence-electron chi connectivity index (χ4n) is 6.60. The van der Waals surface area contributed by atoms with Crippen LogP contribution in [0.5, 0.6) is 5.75 Å². The van der Waals surface area contributed by atoms with Crippen molar-refractivity contribution in [2.75, 3.05) is 38.2 Å². The van der Waals surface area contributed by atoms with Gasteiger partial charge in [0.1, 0.15) is 11.6 Å². The summed E-state index contributed by atoms with van der Waals surface area (Å²) in [4.78, 5) is 13.0. The fraction of sp³-hybridized carbons (Fsp3) is 0.389. The van der Waals surface area contributed by atoms with Crippen molar-refractivity contribution < 1.29 is 4.74 Å². The minimum atomic E-state index is 0.755. The van der Waals surface area contributed by atoms with Crippen molar-refractivity contribution in [3.63, 3.8) is 0 Å². The summed E-state index contributed by atoms with van der Waals surface area (Å²) in [6, 6.07) is 29.2. The van der Waals surface area contributed by atoms with Crippen LogP contribution in [0.1, 0.15) is 44.9 Å². The van der Waals surface area contributed by atoms with Crippen LogP contribution in [0.15, 0.2) is 84.9 Å². The van der Waals surface area contributed by atoms with E-state index in [-0.39, 0.29) is 0 Å². The molecule has 2 aliphatic heterocycles. The summed E-state index contributed by atoms with van der Waals surface area (Å²) in [6.45, 7) is 4.45. The molecule has 0 bridgehead atoms. The van der Waals surface area contributed by atoms with E-state index in [1.807, 2.05) is 18.2 Å². The maximum atomic E-state index is 5.84. The van der Waals surface area contributed by atoms with Crippen LogP contribution >= 0.6 is 0 Å². The second-order valence-corrected chi connectivity index (χ2v) is 11.6. The molecule has 0 unspecified atom stereocenters. The van der Waals surface area contributed by atoms with Gasteiger partial charge in [-0.3, -0.25) is 0 Å². The maximum absolute atomic E-state index is 5.84. The highest BCUT2D eigenvalue weighted by molar-refractivity contribution is 5.91. The van der Waals surface area contributed by atoms with Gasteiger partial charge in [0.05, 0.1) is 18.4 Å². The molecule has 212 valence electrons. The molecule has 4 aromatic rings. The highest BCUT2D eigenvalue weighted by Gasteiger charge is 2.27. The van der Waals surface area contributed by atoms with Gasteiger partial charge in [-0.15, -0.1) is 0 Å². The lowest BCUT2D eigenvalue weighted by Crippen LogP contribution is -2.35. The Morgan fingerprint density at radius 3 is 2.02 bits per heavy atom. The molecule has 2 saturated heterocycles. The van der Waals surface area contributed by atoms with Gasteiger partial charge in [0.25, 0.3) is 0 Å². The summed E-state index contributed by atoms with van der Waals surface area (Å²) in [5, 5.41) is 3.50. The molecular formula is C36H42N4O. The van der Waals surface area contributed by atoms with Crippen molar-refractivity contribution in [3.8, 4) is 39.5 Å². The number of methoxy groups -OCH3 is 1. The van der Waals surface area contributed by atoms with Gasteiger partial charge in [0.15, 0.2) is 5.82 Å². The Hall–Kier alpha value is -3.70. The van der Waals surface area contributed by atoms with Crippen molar-refractivity contribution >= 4 is 5.82 Å². The van der Waals surface area contributed by atoms with E-state index in [0.29, 0.717) is 0 Å². The molecule has 3 heterocycles. The third-order valence-corrected chi connectivity index (χ3v) is 8.94. The van der Waals surface area contributed by atoms with Gasteiger partial charge in [-0.25, -0.2) is 9.97 Å². The van der Waals surface area contributed by atoms with Gasteiger partial charge in [-0.05, 0) is 68.3 Å². The number of anilines is 1. The predicted molar refractivity (Wildman–Crippen MR) is 169 cm³/mol. The topological polar surface area (TPSA) is 50.3 Å². The zero-order valence-corrected chi connectivity index (χ0v) is 24.3. The van der Waals surface area contributed by atoms with Gasteiger partial charge < -0.3 is 15.0 Å². The number of nitrogens with one attached hydrogen (secondary N) is 1. The van der Waals surface area contributed by atoms with Crippen LogP contribution in [-0.2, 0) is 0 Å². The maximum Gasteiger partial charge on any atom is 0.162 e. The molecule has 0 radical (unpaired) electrons. The summed E-state index contributed by atoms with van der Waals surface area (Å²) >= 11 is 0. The highest BCUT2D eigenvalue weighted by atomic mass is 16.5. The molecule has 1 N–H and O–H groups in total. The first-order chi connectivity index (χ1) is 20.3. The summed E-state index contributed by atoms with van der Waals surface area (Å²) in [5.41, 5.74) is 5.15. The molecule has 0 aliphatic carbocycles. The van der Waals surface area contributed by atoms with E-state index >= 15 is 0 Å². The largest absolute Gasteiger partial charge is 0.496 e. The van der Waals surface area contributed by atoms with E-state index in [9.17, 15) is 0 Å². The predicted octanol–water partition coefficient (Wildman–Crippen LogP) is 7.87. The smallest absolute Gasteiger partial charge is 0.162 e. The van der Waals surface area contributed by atoms with Crippen LogP contribution in [0.2, 0.25) is 0 Å². The van der Waals surface area contributed by atoms with Crippen LogP contribution in [0.25, 0.3) is 33.8 Å². The van der Waals surface area contributed by atoms with Crippen LogP contribution < -0.4 is 15.0 Å². The number of piperidine rings is 2. The Morgan fingerprint density at radius 2 is 1.34 bits per heavy atom. The summed E-state index contributed by atoms with van der Waals surface area (Å²) < 4.78 is 5.84. The molecule has 3 aromatic carbocycles. The third-order valence-electron chi connectivity index (χ3n) is 8.94. The molecule has 0 saturated carbocycles. The van der Waals surface area contributed by atoms with Gasteiger partial charge >= 0.3 is 0 Å². The zero-order chi connectivity index (χ0) is 27.9. The molecule has 5 heteroatoms. The lowest BCUT2D eigenvalue weighted by molar-refractivity contribution is 0.313. The summed E-state index contributed by atoms with van der Waals surface area (Å²) in [7, 11) is 1.73. The van der Waals surface area contributed by atoms with Gasteiger partial charge in [0, 0.05) is 24.2 Å². The molecule has 2 fully saturated rings. The second kappa shape index (κ2) is 13.3. The molecule has 0 amide bonds. The van der Waals surface area contributed by atoms with E-state index in [1.165, 1.54) is 58.0 Å². The first-order valence-electron chi connectivity index (χ1n) is 15.4. The van der Waals surface area contributed by atoms with E-state index in [0.717, 1.165) is 70.3 Å². The van der Waals surface area contributed by atoms with Crippen LogP contribution in [0.3, 0.4) is 0 Å². The summed E-state index contributed by atoms with van der Waals surface area (Å²) in [5.74, 6) is 4.33. The van der Waals surface area contributed by atoms with E-state index in [2.05, 4.69) is 76.9 Å². The summed E-state index contributed by atoms with van der Waals surface area (Å²) in [6.07, 6.45) is 9.27. The Morgan fingerprint density at radius 1 is 0.732 bits per heavy atom. The number of nitrogens with zero attached hydrogens (tertiary/aromatic N) is 3. The third kappa shape index (κ3) is 6.46. The lowest BCUT2D eigenvalue weighted by atomic mass is 9.87. The minimum absolute atomic E-state index is 0.755. The number of benzene rings is 3. The minimum Gasteiger partial charge on any atom is -0.496 e. The Balaban J connectivity index is 1.34. The van der Waals surface area contributed by atoms with Crippen LogP contribution in [-0.4, -0.2) is 43.3 Å². The average Bonchev–Trinajstić information content (AvgIpc) is 3.06. The number of hydrogen-bond acceptors (Lipinski definition) is 5. The number of rotatable bonds is 9. The first-order valence-corrected chi connectivity index (χ1v) is 15.4. The molecule has 0 atom stereocenters. The molecule has 5 nitrogen and oxygen atoms in total. The Kier molecular flexibility index (Phi) is 8.92. The molecule has 41 heavy (non-hydrogen) atoms. The lowest BCUT2D eigenvalue weighted by Gasteiger charge is -2.35. The van der Waals surface area contributed by atoms with Crippen molar-refractivity contribution in [1.82, 2.24) is 15.3 Å². The quantitative estimate of drug-likeness (QED) is 0.231. The van der Waals surface area contributed by atoms with Crippen molar-refractivity contribution in [3.05, 3.63) is 84.9 Å². The zero-order valence-electron chi connectivity index (χ0n) is 24.3. The molecule has 1 aromatic heterocycles. The van der Waals surface area contributed by atoms with Crippen LogP contribution in [0, 0.1) is 11.8 Å². The molecule has 2 aliphatic rings. The van der Waals surface area contributed by atoms with E-state index in [4.69, 9.17) is 14.7 Å². The Bertz CT molecular complexity index is 1390. The number of aromatic nitrogens is 2. The van der Waals surface area contributed by atoms with Gasteiger partial charge in [-0.1, -0.05) is 92.1 Å². The normalized spacial score (nSPS) is 16.6. The monoisotopic (exact) mass is 546 g/mol. The standard InChI is InChI=1S/C36H42N4O/c1-41-32-18-9-8-17-31(32)34-33(29-13-4-2-5-14-29)36(39-35(38-34)30-15-6-3-7-16-30)40-25-21-28(22-26-40)12-10-11-27-19-23-37-24-20-27/h2-9,13-18,27-28,37H,10-12,19-26H2,1H3. The van der Waals surface area contributed by atoms with Crippen molar-refractivity contribution in [2.45, 2.75) is 44.9 Å². The number of ether oxygens (including phenoxy) is 1. The first kappa shape index (κ1) is 27.5. The molecule has 6 rings (SSSR count). The Labute approximate surface area is 245 Å². The van der Waals surface area contributed by atoms with Crippen LogP contribution in [0.4, 0.5) is 5.82 Å². The number of hydrogen-bond donors (Lipinski definition) is 1. The molecular weight excluding hydrogens is 504 g/mol. The molecule has 0 spiro atoms. The second-order valence-electron chi connectivity index (χ2n) is 11.6. The number of para-hydroxylation sites is 1. The van der Waals surface area contributed by atoms with Crippen molar-refractivity contribution in [1.29, 1.82) is 0 Å². The fourth-order valence-corrected chi connectivity index (χ4v) is 6.60. The van der Waals surface area contributed by atoms with E-state index in [1.54, 1.807) is 7.11 Å². The van der Waals surface area contributed by atoms with Crippen molar-refractivity contribution in [2.24, 2.45) is 11.8 Å². The average molecular weight is 547 g/mol. The van der Waals surface area contributed by atoms with E-state index < -0.39 is 0 Å². The van der Waals surface area contributed by atoms with Gasteiger partial charge in [-0.2, -0.15) is 0 Å². The highest BCUT2D eigenvalue weighted by Crippen LogP contribution is 2.43. The van der Waals surface area contributed by atoms with Gasteiger partial charge in [0.2, 0.25) is 0 Å². The SMILES string of the molecule is COc1ccccc1-c1nc(-c2ccccc2)nc(N2CCC(CCCC3CCNCC3)CC2)c1-c1ccccc1.